The first-order valence-electron chi connectivity index (χ1n) is 9.55. The van der Waals surface area contributed by atoms with Crippen LogP contribution in [0.5, 0.6) is 0 Å². The molecule has 0 heterocycles. The molecule has 5 nitrogen and oxygen atoms in total. The normalized spacial score (nSPS) is 9.74. The van der Waals surface area contributed by atoms with E-state index in [0.717, 1.165) is 19.1 Å². The third-order valence-corrected chi connectivity index (χ3v) is 3.93. The van der Waals surface area contributed by atoms with Gasteiger partial charge in [0.05, 0.1) is 0 Å². The summed E-state index contributed by atoms with van der Waals surface area (Å²) in [4.78, 5) is 10.1. The van der Waals surface area contributed by atoms with E-state index in [2.05, 4.69) is 6.92 Å². The van der Waals surface area contributed by atoms with Crippen LogP contribution in [0.4, 0.5) is 0 Å². The first-order valence-corrected chi connectivity index (χ1v) is 10.9. The molecule has 27 heavy (non-hydrogen) atoms. The Labute approximate surface area is 234 Å². The molecule has 0 aliphatic carbocycles. The molecule has 0 aromatic rings. The van der Waals surface area contributed by atoms with E-state index in [9.17, 15) is 4.79 Å². The van der Waals surface area contributed by atoms with Crippen molar-refractivity contribution < 1.29 is 22.3 Å². The van der Waals surface area contributed by atoms with Gasteiger partial charge in [-0.05, 0) is 6.42 Å². The van der Waals surface area contributed by atoms with Gasteiger partial charge in [-0.25, -0.2) is 0 Å². The average molecular weight is 439 g/mol. The quantitative estimate of drug-likeness (QED) is 0.165. The van der Waals surface area contributed by atoms with Crippen LogP contribution in [-0.2, 0) is 15.2 Å². The summed E-state index contributed by atoms with van der Waals surface area (Å²) in [5.41, 5.74) is 0. The van der Waals surface area contributed by atoms with Crippen LogP contribution < -0.4 is 0 Å². The summed E-state index contributed by atoms with van der Waals surface area (Å²) in [7, 11) is -4.67. The summed E-state index contributed by atoms with van der Waals surface area (Å²) in [6.07, 6.45) is 22.6. The van der Waals surface area contributed by atoms with Crippen molar-refractivity contribution in [1.29, 1.82) is 0 Å². The fourth-order valence-corrected chi connectivity index (χ4v) is 2.60. The molecule has 0 spiro atoms. The van der Waals surface area contributed by atoms with Gasteiger partial charge in [0.15, 0.2) is 0 Å². The average Bonchev–Trinajstić information content (AvgIpc) is 2.49. The minimum absolute atomic E-state index is 0. The van der Waals surface area contributed by atoms with E-state index in [1.807, 2.05) is 0 Å². The molecule has 0 aromatic heterocycles. The van der Waals surface area contributed by atoms with E-state index >= 15 is 0 Å². The van der Waals surface area contributed by atoms with Gasteiger partial charge in [-0.1, -0.05) is 96.8 Å². The second kappa shape index (κ2) is 33.2. The number of aldehydes is 1. The van der Waals surface area contributed by atoms with E-state index < -0.39 is 10.4 Å². The molecule has 0 amide bonds. The standard InChI is InChI=1S/C18H36O.3Na.H2O4S.3H/c1-2-3-4-5-6-7-8-9-10-11-12-13-14-15-16-17-18-19;;;;1-5(2,3)4;;;/h18H,2-17H2,1H3;;;;(H2,1,2,3,4);;;. The Morgan fingerprint density at radius 2 is 0.815 bits per heavy atom. The second-order valence-electron chi connectivity index (χ2n) is 6.35. The van der Waals surface area contributed by atoms with Gasteiger partial charge in [-0.15, -0.1) is 0 Å². The van der Waals surface area contributed by atoms with Gasteiger partial charge in [-0.2, -0.15) is 8.42 Å². The van der Waals surface area contributed by atoms with E-state index in [4.69, 9.17) is 17.5 Å². The number of rotatable bonds is 16. The summed E-state index contributed by atoms with van der Waals surface area (Å²) in [6, 6.07) is 0. The zero-order valence-corrected chi connectivity index (χ0v) is 16.2. The van der Waals surface area contributed by atoms with Crippen molar-refractivity contribution in [3.05, 3.63) is 0 Å². The number of hydrogen-bond acceptors (Lipinski definition) is 3. The molecule has 0 fully saturated rings. The molecule has 152 valence electrons. The van der Waals surface area contributed by atoms with Crippen LogP contribution >= 0.6 is 0 Å². The Morgan fingerprint density at radius 1 is 0.593 bits per heavy atom. The third kappa shape index (κ3) is 58.5. The number of carbonyl (C=O) groups is 1. The summed E-state index contributed by atoms with van der Waals surface area (Å²) < 4.78 is 31.6. The van der Waals surface area contributed by atoms with Crippen molar-refractivity contribution in [2.24, 2.45) is 0 Å². The van der Waals surface area contributed by atoms with Crippen LogP contribution in [0.3, 0.4) is 0 Å². The topological polar surface area (TPSA) is 91.7 Å². The van der Waals surface area contributed by atoms with Gasteiger partial charge in [-0.3, -0.25) is 9.11 Å². The van der Waals surface area contributed by atoms with Crippen LogP contribution in [0.15, 0.2) is 0 Å². The van der Waals surface area contributed by atoms with Crippen molar-refractivity contribution in [1.82, 2.24) is 0 Å². The summed E-state index contributed by atoms with van der Waals surface area (Å²) >= 11 is 0. The van der Waals surface area contributed by atoms with Gasteiger partial charge in [0.25, 0.3) is 0 Å². The van der Waals surface area contributed by atoms with Gasteiger partial charge in [0.1, 0.15) is 6.29 Å². The molecule has 0 rings (SSSR count). The van der Waals surface area contributed by atoms with E-state index in [-0.39, 0.29) is 88.7 Å². The van der Waals surface area contributed by atoms with Gasteiger partial charge in [0.2, 0.25) is 0 Å². The number of carbonyl (C=O) groups excluding carboxylic acids is 1. The van der Waals surface area contributed by atoms with Crippen molar-refractivity contribution in [3.63, 3.8) is 0 Å². The molecule has 0 aliphatic heterocycles. The Bertz CT molecular complexity index is 347. The van der Waals surface area contributed by atoms with Crippen LogP contribution in [0.1, 0.15) is 110 Å². The molecular formula is C18H41Na3O5S. The predicted molar refractivity (Wildman–Crippen MR) is 121 cm³/mol. The molecule has 0 aromatic carbocycles. The molecular weight excluding hydrogens is 397 g/mol. The molecule has 0 saturated heterocycles. The van der Waals surface area contributed by atoms with Gasteiger partial charge >= 0.3 is 99.1 Å². The molecule has 0 atom stereocenters. The molecule has 0 unspecified atom stereocenters. The van der Waals surface area contributed by atoms with E-state index in [0.29, 0.717) is 0 Å². The zero-order chi connectivity index (χ0) is 18.5. The van der Waals surface area contributed by atoms with Crippen molar-refractivity contribution in [3.8, 4) is 0 Å². The van der Waals surface area contributed by atoms with Crippen molar-refractivity contribution >= 4 is 105 Å². The maximum absolute atomic E-state index is 10.1. The first-order chi connectivity index (χ1) is 11.4. The molecule has 2 N–H and O–H groups in total. The summed E-state index contributed by atoms with van der Waals surface area (Å²) in [5, 5.41) is 0. The number of hydrogen-bond donors (Lipinski definition) is 2. The van der Waals surface area contributed by atoms with Crippen molar-refractivity contribution in [2.45, 2.75) is 110 Å². The fraction of sp³-hybridized carbons (Fsp3) is 0.944. The monoisotopic (exact) mass is 438 g/mol. The van der Waals surface area contributed by atoms with Crippen molar-refractivity contribution in [2.75, 3.05) is 0 Å². The molecule has 0 saturated carbocycles. The fourth-order valence-electron chi connectivity index (χ4n) is 2.60. The van der Waals surface area contributed by atoms with Crippen LogP contribution in [0, 0.1) is 0 Å². The second-order valence-corrected chi connectivity index (χ2v) is 7.25. The van der Waals surface area contributed by atoms with E-state index in [1.165, 1.54) is 89.9 Å². The van der Waals surface area contributed by atoms with Gasteiger partial charge in [0, 0.05) is 6.42 Å². The predicted octanol–water partition coefficient (Wildman–Crippen LogP) is 3.85. The maximum atomic E-state index is 10.1. The molecule has 0 radical (unpaired) electrons. The number of unbranched alkanes of at least 4 members (excludes halogenated alkanes) is 15. The SMILES string of the molecule is CCCCCCCCCCCCCCCCCC=O.O=S(=O)(O)O.[NaH].[NaH].[NaH]. The third-order valence-electron chi connectivity index (χ3n) is 3.93. The van der Waals surface area contributed by atoms with E-state index in [1.54, 1.807) is 0 Å². The Morgan fingerprint density at radius 3 is 1.04 bits per heavy atom. The van der Waals surface area contributed by atoms with Crippen LogP contribution in [0.2, 0.25) is 0 Å². The summed E-state index contributed by atoms with van der Waals surface area (Å²) in [5.74, 6) is 0. The van der Waals surface area contributed by atoms with Gasteiger partial charge < -0.3 is 4.79 Å². The molecule has 0 aliphatic rings. The summed E-state index contributed by atoms with van der Waals surface area (Å²) in [6.45, 7) is 2.28. The molecule has 0 bridgehead atoms. The first kappa shape index (κ1) is 40.0. The molecule has 9 heteroatoms. The Balaban J connectivity index is -0.000000178. The Kier molecular flexibility index (Phi) is 49.1. The van der Waals surface area contributed by atoms with Crippen LogP contribution in [-0.4, -0.2) is 112 Å². The van der Waals surface area contributed by atoms with Crippen LogP contribution in [0.25, 0.3) is 0 Å². The minimum atomic E-state index is -4.67. The Hall–Kier alpha value is 2.54. The zero-order valence-electron chi connectivity index (χ0n) is 15.4.